The molecule has 0 aromatic heterocycles. The van der Waals surface area contributed by atoms with Crippen LogP contribution in [-0.2, 0) is 11.0 Å². The van der Waals surface area contributed by atoms with Gasteiger partial charge in [0.1, 0.15) is 5.75 Å². The van der Waals surface area contributed by atoms with Gasteiger partial charge in [-0.3, -0.25) is 4.79 Å². The molecule has 0 saturated carbocycles. The smallest absolute Gasteiger partial charge is 0.416 e. The van der Waals surface area contributed by atoms with Crippen molar-refractivity contribution in [3.8, 4) is 5.75 Å². The Morgan fingerprint density at radius 3 is 2.08 bits per heavy atom. The van der Waals surface area contributed by atoms with Gasteiger partial charge in [-0.25, -0.2) is 0 Å². The molecule has 0 bridgehead atoms. The lowest BCUT2D eigenvalue weighted by atomic mass is 10.2. The van der Waals surface area contributed by atoms with Crippen LogP contribution in [0.3, 0.4) is 0 Å². The summed E-state index contributed by atoms with van der Waals surface area (Å²) in [5.74, 6) is 0.372. The monoisotopic (exact) mass is 352 g/mol. The summed E-state index contributed by atoms with van der Waals surface area (Å²) in [6.07, 6.45) is -4.32. The van der Waals surface area contributed by atoms with Crippen LogP contribution >= 0.6 is 0 Å². The maximum atomic E-state index is 12.5. The van der Waals surface area contributed by atoms with Crippen LogP contribution < -0.4 is 15.4 Å². The van der Waals surface area contributed by atoms with Gasteiger partial charge >= 0.3 is 6.18 Å². The number of carbonyl (C=O) groups excluding carboxylic acids is 1. The van der Waals surface area contributed by atoms with Crippen molar-refractivity contribution in [2.45, 2.75) is 26.1 Å². The first-order valence-electron chi connectivity index (χ1n) is 7.72. The fraction of sp³-hybridized carbons (Fsp3) is 0.278. The zero-order chi connectivity index (χ0) is 18.4. The molecule has 2 aromatic rings. The molecule has 2 aromatic carbocycles. The average molecular weight is 352 g/mol. The molecule has 0 unspecified atom stereocenters. The number of alkyl halides is 3. The van der Waals surface area contributed by atoms with E-state index in [9.17, 15) is 18.0 Å². The average Bonchev–Trinajstić information content (AvgIpc) is 2.53. The largest absolute Gasteiger partial charge is 0.491 e. The standard InChI is InChI=1S/C18H19F3N2O2/c1-12(2)25-16-9-7-14(8-10-16)22-11-17(24)23-15-5-3-13(4-6-15)18(19,20)21/h3-10,12,22H,11H2,1-2H3,(H,23,24). The van der Waals surface area contributed by atoms with Gasteiger partial charge in [0.25, 0.3) is 0 Å². The van der Waals surface area contributed by atoms with Crippen molar-refractivity contribution in [3.05, 3.63) is 54.1 Å². The zero-order valence-electron chi connectivity index (χ0n) is 13.9. The first kappa shape index (κ1) is 18.6. The summed E-state index contributed by atoms with van der Waals surface area (Å²) in [5, 5.41) is 5.47. The topological polar surface area (TPSA) is 50.4 Å². The molecule has 2 rings (SSSR count). The minimum absolute atomic E-state index is 0.00853. The van der Waals surface area contributed by atoms with Crippen LogP contribution in [-0.4, -0.2) is 18.6 Å². The van der Waals surface area contributed by atoms with E-state index < -0.39 is 11.7 Å². The summed E-state index contributed by atoms with van der Waals surface area (Å²) in [4.78, 5) is 11.9. The van der Waals surface area contributed by atoms with Gasteiger partial charge in [0.05, 0.1) is 18.2 Å². The lowest BCUT2D eigenvalue weighted by Gasteiger charge is -2.11. The number of hydrogen-bond donors (Lipinski definition) is 2. The van der Waals surface area contributed by atoms with Crippen molar-refractivity contribution in [2.24, 2.45) is 0 Å². The lowest BCUT2D eigenvalue weighted by molar-refractivity contribution is -0.137. The maximum absolute atomic E-state index is 12.5. The minimum atomic E-state index is -4.39. The summed E-state index contributed by atoms with van der Waals surface area (Å²) in [6.45, 7) is 3.85. The summed E-state index contributed by atoms with van der Waals surface area (Å²) in [6, 6.07) is 11.4. The molecule has 0 spiro atoms. The van der Waals surface area contributed by atoms with Crippen LogP contribution in [0.2, 0.25) is 0 Å². The third-order valence-electron chi connectivity index (χ3n) is 3.18. The van der Waals surface area contributed by atoms with E-state index in [1.807, 2.05) is 13.8 Å². The van der Waals surface area contributed by atoms with Gasteiger partial charge in [-0.2, -0.15) is 13.2 Å². The van der Waals surface area contributed by atoms with Gasteiger partial charge in [-0.05, 0) is 62.4 Å². The van der Waals surface area contributed by atoms with Gasteiger partial charge in [-0.1, -0.05) is 0 Å². The predicted octanol–water partition coefficient (Wildman–Crippen LogP) is 4.54. The van der Waals surface area contributed by atoms with Crippen molar-refractivity contribution in [1.29, 1.82) is 0 Å². The van der Waals surface area contributed by atoms with Gasteiger partial charge in [0.2, 0.25) is 5.91 Å². The highest BCUT2D eigenvalue weighted by Gasteiger charge is 2.29. The summed E-state index contributed by atoms with van der Waals surface area (Å²) in [7, 11) is 0. The molecule has 4 nitrogen and oxygen atoms in total. The SMILES string of the molecule is CC(C)Oc1ccc(NCC(=O)Nc2ccc(C(F)(F)F)cc2)cc1. The molecular formula is C18H19F3N2O2. The summed E-state index contributed by atoms with van der Waals surface area (Å²) in [5.41, 5.74) is 0.284. The third kappa shape index (κ3) is 6.02. The Morgan fingerprint density at radius 1 is 1.00 bits per heavy atom. The van der Waals surface area contributed by atoms with E-state index in [1.54, 1.807) is 24.3 Å². The number of ether oxygens (including phenoxy) is 1. The number of benzene rings is 2. The fourth-order valence-electron chi connectivity index (χ4n) is 2.05. The van der Waals surface area contributed by atoms with Crippen LogP contribution in [0.5, 0.6) is 5.75 Å². The number of hydrogen-bond acceptors (Lipinski definition) is 3. The molecule has 0 saturated heterocycles. The lowest BCUT2D eigenvalue weighted by Crippen LogP contribution is -2.21. The number of carbonyl (C=O) groups is 1. The van der Waals surface area contributed by atoms with Crippen LogP contribution in [0.4, 0.5) is 24.5 Å². The normalized spacial score (nSPS) is 11.3. The number of amides is 1. The molecule has 0 aliphatic rings. The van der Waals surface area contributed by atoms with E-state index in [0.29, 0.717) is 5.69 Å². The van der Waals surface area contributed by atoms with Crippen molar-refractivity contribution in [3.63, 3.8) is 0 Å². The van der Waals surface area contributed by atoms with Gasteiger partial charge in [-0.15, -0.1) is 0 Å². The molecule has 0 aliphatic heterocycles. The first-order chi connectivity index (χ1) is 11.7. The summed E-state index contributed by atoms with van der Waals surface area (Å²) < 4.78 is 43.0. The van der Waals surface area contributed by atoms with Crippen molar-refractivity contribution < 1.29 is 22.7 Å². The Morgan fingerprint density at radius 2 is 1.56 bits per heavy atom. The molecule has 25 heavy (non-hydrogen) atoms. The molecule has 7 heteroatoms. The number of nitrogens with one attached hydrogen (secondary N) is 2. The van der Waals surface area contributed by atoms with Crippen LogP contribution in [0.1, 0.15) is 19.4 Å². The van der Waals surface area contributed by atoms with E-state index in [4.69, 9.17) is 4.74 Å². The minimum Gasteiger partial charge on any atom is -0.491 e. The zero-order valence-corrected chi connectivity index (χ0v) is 13.9. The van der Waals surface area contributed by atoms with E-state index in [0.717, 1.165) is 23.6 Å². The highest BCUT2D eigenvalue weighted by molar-refractivity contribution is 5.93. The molecule has 0 fully saturated rings. The van der Waals surface area contributed by atoms with E-state index in [-0.39, 0.29) is 18.6 Å². The van der Waals surface area contributed by atoms with E-state index >= 15 is 0 Å². The maximum Gasteiger partial charge on any atom is 0.416 e. The van der Waals surface area contributed by atoms with Gasteiger partial charge < -0.3 is 15.4 Å². The molecule has 0 heterocycles. The van der Waals surface area contributed by atoms with Crippen molar-refractivity contribution in [2.75, 3.05) is 17.2 Å². The second-order valence-corrected chi connectivity index (χ2v) is 5.67. The quantitative estimate of drug-likeness (QED) is 0.802. The third-order valence-corrected chi connectivity index (χ3v) is 3.18. The molecular weight excluding hydrogens is 333 g/mol. The van der Waals surface area contributed by atoms with Crippen molar-refractivity contribution >= 4 is 17.3 Å². The molecule has 1 amide bonds. The Balaban J connectivity index is 1.84. The molecule has 134 valence electrons. The number of rotatable bonds is 6. The molecule has 0 radical (unpaired) electrons. The van der Waals surface area contributed by atoms with Crippen LogP contribution in [0.15, 0.2) is 48.5 Å². The van der Waals surface area contributed by atoms with Gasteiger partial charge in [0.15, 0.2) is 0 Å². The van der Waals surface area contributed by atoms with Crippen LogP contribution in [0.25, 0.3) is 0 Å². The Kier molecular flexibility index (Phi) is 5.90. The predicted molar refractivity (Wildman–Crippen MR) is 90.8 cm³/mol. The molecule has 0 aliphatic carbocycles. The Bertz CT molecular complexity index is 696. The Hall–Kier alpha value is -2.70. The molecule has 2 N–H and O–H groups in total. The second kappa shape index (κ2) is 7.92. The molecule has 0 atom stereocenters. The highest BCUT2D eigenvalue weighted by Crippen LogP contribution is 2.29. The second-order valence-electron chi connectivity index (χ2n) is 5.67. The fourth-order valence-corrected chi connectivity index (χ4v) is 2.05. The van der Waals surface area contributed by atoms with E-state index in [1.165, 1.54) is 12.1 Å². The van der Waals surface area contributed by atoms with Gasteiger partial charge in [0, 0.05) is 11.4 Å². The first-order valence-corrected chi connectivity index (χ1v) is 7.72. The van der Waals surface area contributed by atoms with Crippen LogP contribution in [0, 0.1) is 0 Å². The number of halogens is 3. The van der Waals surface area contributed by atoms with Crippen molar-refractivity contribution in [1.82, 2.24) is 0 Å². The summed E-state index contributed by atoms with van der Waals surface area (Å²) >= 11 is 0. The highest BCUT2D eigenvalue weighted by atomic mass is 19.4. The Labute approximate surface area is 144 Å². The van der Waals surface area contributed by atoms with E-state index in [2.05, 4.69) is 10.6 Å². The number of anilines is 2.